The van der Waals surface area contributed by atoms with E-state index in [0.29, 0.717) is 30.9 Å². The van der Waals surface area contributed by atoms with E-state index in [2.05, 4.69) is 21.8 Å². The van der Waals surface area contributed by atoms with Crippen molar-refractivity contribution in [1.29, 1.82) is 0 Å². The number of pyridine rings is 2. The highest BCUT2D eigenvalue weighted by Crippen LogP contribution is 2.33. The minimum Gasteiger partial charge on any atom is -0.507 e. The van der Waals surface area contributed by atoms with Gasteiger partial charge in [0.15, 0.2) is 0 Å². The molecule has 7 heteroatoms. The number of rotatable bonds is 5. The third-order valence-electron chi connectivity index (χ3n) is 5.91. The first-order chi connectivity index (χ1) is 14.9. The van der Waals surface area contributed by atoms with Crippen LogP contribution in [0, 0.1) is 12.7 Å². The van der Waals surface area contributed by atoms with Crippen LogP contribution in [0.2, 0.25) is 0 Å². The average Bonchev–Trinajstić information content (AvgIpc) is 2.76. The highest BCUT2D eigenvalue weighted by atomic mass is 19.1. The molecule has 0 spiro atoms. The quantitative estimate of drug-likeness (QED) is 0.685. The van der Waals surface area contributed by atoms with Gasteiger partial charge >= 0.3 is 0 Å². The molecule has 1 aliphatic rings. The fraction of sp³-hybridized carbons (Fsp3) is 0.333. The van der Waals surface area contributed by atoms with Gasteiger partial charge in [-0.15, -0.1) is 0 Å². The molecule has 4 rings (SSSR count). The van der Waals surface area contributed by atoms with Crippen molar-refractivity contribution in [2.45, 2.75) is 19.5 Å². The molecule has 1 N–H and O–H groups in total. The zero-order chi connectivity index (χ0) is 22.0. The summed E-state index contributed by atoms with van der Waals surface area (Å²) in [6.07, 6.45) is 1.69. The smallest absolute Gasteiger partial charge is 0.260 e. The molecule has 1 fully saturated rings. The molecule has 162 valence electrons. The summed E-state index contributed by atoms with van der Waals surface area (Å²) in [5.74, 6) is -0.426. The van der Waals surface area contributed by atoms with Gasteiger partial charge in [0.1, 0.15) is 11.6 Å². The lowest BCUT2D eigenvalue weighted by atomic mass is 9.96. The van der Waals surface area contributed by atoms with Gasteiger partial charge in [-0.05, 0) is 49.9 Å². The maximum absolute atomic E-state index is 14.1. The molecule has 0 unspecified atom stereocenters. The predicted molar refractivity (Wildman–Crippen MR) is 118 cm³/mol. The van der Waals surface area contributed by atoms with E-state index in [9.17, 15) is 14.3 Å². The largest absolute Gasteiger partial charge is 0.507 e. The molecule has 0 radical (unpaired) electrons. The van der Waals surface area contributed by atoms with Crippen LogP contribution in [-0.2, 0) is 6.54 Å². The Morgan fingerprint density at radius 2 is 1.87 bits per heavy atom. The minimum absolute atomic E-state index is 0.0621. The molecule has 31 heavy (non-hydrogen) atoms. The summed E-state index contributed by atoms with van der Waals surface area (Å²) in [4.78, 5) is 22.4. The number of hydrogen-bond donors (Lipinski definition) is 1. The lowest BCUT2D eigenvalue weighted by Gasteiger charge is -2.38. The Labute approximate surface area is 181 Å². The first kappa shape index (κ1) is 21.2. The Morgan fingerprint density at radius 3 is 2.55 bits per heavy atom. The molecular formula is C24H27FN4O2. The number of aromatic nitrogens is 2. The number of aryl methyl sites for hydroxylation is 1. The van der Waals surface area contributed by atoms with Crippen LogP contribution in [0.15, 0.2) is 59.5 Å². The van der Waals surface area contributed by atoms with Gasteiger partial charge < -0.3 is 14.6 Å². The van der Waals surface area contributed by atoms with Crippen LogP contribution in [0.4, 0.5) is 4.39 Å². The molecule has 1 atom stereocenters. The second-order valence-corrected chi connectivity index (χ2v) is 8.09. The molecule has 0 bridgehead atoms. The van der Waals surface area contributed by atoms with E-state index in [1.54, 1.807) is 29.8 Å². The average molecular weight is 423 g/mol. The van der Waals surface area contributed by atoms with Crippen LogP contribution in [0.25, 0.3) is 0 Å². The molecule has 2 aromatic heterocycles. The summed E-state index contributed by atoms with van der Waals surface area (Å²) in [6, 6.07) is 12.9. The summed E-state index contributed by atoms with van der Waals surface area (Å²) in [7, 11) is 2.05. The molecule has 1 saturated heterocycles. The minimum atomic E-state index is -0.535. The summed E-state index contributed by atoms with van der Waals surface area (Å²) < 4.78 is 15.7. The molecule has 0 aliphatic carbocycles. The molecule has 3 heterocycles. The highest BCUT2D eigenvalue weighted by molar-refractivity contribution is 5.41. The summed E-state index contributed by atoms with van der Waals surface area (Å²) in [5, 5.41) is 10.9. The van der Waals surface area contributed by atoms with Crippen LogP contribution in [0.5, 0.6) is 5.75 Å². The monoisotopic (exact) mass is 422 g/mol. The molecule has 0 saturated carbocycles. The molecular weight excluding hydrogens is 395 g/mol. The third-order valence-corrected chi connectivity index (χ3v) is 5.91. The fourth-order valence-corrected chi connectivity index (χ4v) is 4.19. The topological polar surface area (TPSA) is 61.6 Å². The lowest BCUT2D eigenvalue weighted by Crippen LogP contribution is -2.47. The van der Waals surface area contributed by atoms with Gasteiger partial charge in [-0.3, -0.25) is 14.7 Å². The summed E-state index contributed by atoms with van der Waals surface area (Å²) in [6.45, 7) is 5.19. The zero-order valence-electron chi connectivity index (χ0n) is 17.8. The number of piperazine rings is 1. The van der Waals surface area contributed by atoms with E-state index >= 15 is 0 Å². The van der Waals surface area contributed by atoms with Crippen LogP contribution < -0.4 is 5.56 Å². The van der Waals surface area contributed by atoms with Crippen molar-refractivity contribution in [1.82, 2.24) is 19.4 Å². The van der Waals surface area contributed by atoms with Crippen molar-refractivity contribution in [2.75, 3.05) is 33.2 Å². The number of aromatic hydroxyl groups is 1. The zero-order valence-corrected chi connectivity index (χ0v) is 17.8. The van der Waals surface area contributed by atoms with E-state index in [0.717, 1.165) is 18.8 Å². The lowest BCUT2D eigenvalue weighted by molar-refractivity contribution is 0.125. The van der Waals surface area contributed by atoms with Gasteiger partial charge in [0.2, 0.25) is 0 Å². The molecule has 1 aliphatic heterocycles. The summed E-state index contributed by atoms with van der Waals surface area (Å²) >= 11 is 0. The SMILES string of the molecule is Cc1cc(O)c([C@@H](c2cccc(F)c2)N2CCN(C)CC2)c(=O)n1Cc1ccccn1. The Balaban J connectivity index is 1.84. The standard InChI is InChI=1S/C24H27FN4O2/c1-17-14-21(30)22(24(31)29(17)16-20-8-3-4-9-26-20)23(18-6-5-7-19(25)15-18)28-12-10-27(2)11-13-28/h3-9,14-15,23,30H,10-13,16H2,1-2H3/t23-/m1/s1. The van der Waals surface area contributed by atoms with Crippen molar-refractivity contribution < 1.29 is 9.50 Å². The Hall–Kier alpha value is -3.03. The van der Waals surface area contributed by atoms with E-state index in [1.165, 1.54) is 12.1 Å². The molecule has 3 aromatic rings. The number of benzene rings is 1. The highest BCUT2D eigenvalue weighted by Gasteiger charge is 2.31. The second kappa shape index (κ2) is 8.99. The third kappa shape index (κ3) is 4.52. The van der Waals surface area contributed by atoms with E-state index < -0.39 is 6.04 Å². The van der Waals surface area contributed by atoms with Gasteiger partial charge in [-0.2, -0.15) is 0 Å². The van der Waals surface area contributed by atoms with E-state index in [-0.39, 0.29) is 22.7 Å². The summed E-state index contributed by atoms with van der Waals surface area (Å²) in [5.41, 5.74) is 2.05. The van der Waals surface area contributed by atoms with Crippen molar-refractivity contribution in [3.8, 4) is 5.75 Å². The maximum atomic E-state index is 14.1. The first-order valence-corrected chi connectivity index (χ1v) is 10.5. The molecule has 0 amide bonds. The normalized spacial score (nSPS) is 16.4. The number of hydrogen-bond acceptors (Lipinski definition) is 5. The van der Waals surface area contributed by atoms with Gasteiger partial charge in [0.25, 0.3) is 5.56 Å². The van der Waals surface area contributed by atoms with Crippen LogP contribution in [0.3, 0.4) is 0 Å². The molecule has 6 nitrogen and oxygen atoms in total. The van der Waals surface area contributed by atoms with Gasteiger partial charge in [0.05, 0.1) is 23.8 Å². The van der Waals surface area contributed by atoms with Gasteiger partial charge in [-0.25, -0.2) is 4.39 Å². The van der Waals surface area contributed by atoms with Crippen LogP contribution in [0.1, 0.15) is 28.6 Å². The first-order valence-electron chi connectivity index (χ1n) is 10.5. The van der Waals surface area contributed by atoms with Gasteiger partial charge in [-0.1, -0.05) is 18.2 Å². The van der Waals surface area contributed by atoms with E-state index in [1.807, 2.05) is 24.3 Å². The fourth-order valence-electron chi connectivity index (χ4n) is 4.19. The Kier molecular flexibility index (Phi) is 6.15. The Morgan fingerprint density at radius 1 is 1.10 bits per heavy atom. The maximum Gasteiger partial charge on any atom is 0.260 e. The van der Waals surface area contributed by atoms with E-state index in [4.69, 9.17) is 0 Å². The predicted octanol–water partition coefficient (Wildman–Crippen LogP) is 2.78. The second-order valence-electron chi connectivity index (χ2n) is 8.09. The van der Waals surface area contributed by atoms with Crippen LogP contribution >= 0.6 is 0 Å². The van der Waals surface area contributed by atoms with Crippen molar-refractivity contribution >= 4 is 0 Å². The van der Waals surface area contributed by atoms with Crippen molar-refractivity contribution in [2.24, 2.45) is 0 Å². The van der Waals surface area contributed by atoms with Crippen molar-refractivity contribution in [3.05, 3.63) is 93.4 Å². The Bertz CT molecular complexity index is 1110. The number of likely N-dealkylation sites (N-methyl/N-ethyl adjacent to an activating group) is 1. The number of halogens is 1. The number of nitrogens with zero attached hydrogens (tertiary/aromatic N) is 4. The molecule has 1 aromatic carbocycles. The van der Waals surface area contributed by atoms with Crippen molar-refractivity contribution in [3.63, 3.8) is 0 Å². The van der Waals surface area contributed by atoms with Gasteiger partial charge in [0, 0.05) is 38.1 Å². The van der Waals surface area contributed by atoms with Crippen LogP contribution in [-0.4, -0.2) is 57.7 Å².